The van der Waals surface area contributed by atoms with Crippen LogP contribution in [0.3, 0.4) is 0 Å². The molecule has 112 heavy (non-hydrogen) atoms. The zero-order valence-electron chi connectivity index (χ0n) is 60.8. The second-order valence-electron chi connectivity index (χ2n) is 26.7. The maximum absolute atomic E-state index is 12.4. The van der Waals surface area contributed by atoms with E-state index in [1.54, 1.807) is 44.2 Å². The van der Waals surface area contributed by atoms with Crippen molar-refractivity contribution < 1.29 is 108 Å². The molecule has 3 fully saturated rings. The summed E-state index contributed by atoms with van der Waals surface area (Å²) in [5.74, 6) is -2.80. The van der Waals surface area contributed by atoms with Crippen LogP contribution in [-0.2, 0) is 68.9 Å². The average molecular weight is 1550 g/mol. The van der Waals surface area contributed by atoms with E-state index in [0.717, 1.165) is 38.9 Å². The molecule has 6 aromatic heterocycles. The van der Waals surface area contributed by atoms with Gasteiger partial charge in [-0.3, -0.25) is 18.5 Å². The van der Waals surface area contributed by atoms with E-state index in [9.17, 15) is 69.6 Å². The number of rotatable bonds is 27. The van der Waals surface area contributed by atoms with Gasteiger partial charge in [0.05, 0.1) is 19.0 Å². The molecule has 592 valence electrons. The van der Waals surface area contributed by atoms with Crippen molar-refractivity contribution in [3.05, 3.63) is 180 Å². The molecule has 39 heteroatoms. The lowest BCUT2D eigenvalue weighted by Gasteiger charge is -2.19. The number of hydrogen-bond donors (Lipinski definition) is 14. The molecule has 0 radical (unpaired) electrons. The molecule has 14 N–H and O–H groups in total. The number of carbonyl (C=O) groups excluding carboxylic acids is 3. The number of aromatic nitrogens is 12. The Hall–Kier alpha value is -12.2. The molecule has 39 nitrogen and oxygen atoms in total. The number of hydrogen-bond acceptors (Lipinski definition) is 30. The Balaban J connectivity index is 0.000000167. The van der Waals surface area contributed by atoms with E-state index in [1.165, 1.54) is 51.7 Å². The summed E-state index contributed by atoms with van der Waals surface area (Å²) in [6.07, 6.45) is -9.37. The standard InChI is InChI=1S/C28H30N6O7.C24H29N5O8.C21H24N6O7/c1-16-7-9-18(10-8-16)12-29-24-21-25(31-14-30-24)34(15-32-21)26-23(36)22(35)20(41-26)13-40-28(39)33-19(27(37)38)11-17-5-3-2-4-6-17;1-12(2)16(23(32)33)28-24(34)36-9-15-18(30)19(31)22(37-15)29-11-27-17-20(29)25-10-26-21(17)35-8-14-6-4-13(3)5-7-14;1-11-2-4-12(5-3-11)6-22-18-15-19(25-9-24-18)27(10-26-15)20-17(31)16(30)13(34-20)8-33-21(32)23-7-14(28)29/h2-10,14-15,19-20,22-23,26,35-36H,11-13H2,1H3,(H,33,39)(H,37,38)(H,29,30,31);4-7,10-12,15-16,18-19,22,30-31H,8-9H2,1-3H3,(H,28,34)(H,32,33);2-5,9-10,13,16-17,20,30-31H,6-8H2,1H3,(H,23,32)(H,28,29)(H,22,24,25)/t19-,20+,22?,23-,26+;15-,16+,18?,19+,22-;13-,16?,17+,20-/m011/s1. The molecule has 0 spiro atoms. The fourth-order valence-corrected chi connectivity index (χ4v) is 12.0. The molecule has 3 aliphatic rings. The molecule has 3 saturated heterocycles. The van der Waals surface area contributed by atoms with Gasteiger partial charge in [-0.05, 0) is 48.9 Å². The topological polar surface area (TPSA) is 540 Å². The highest BCUT2D eigenvalue weighted by atomic mass is 16.6. The SMILES string of the molecule is Cc1ccc(CNc2ncnc3c2ncn3[C@@H]2O[C@H](COC(=O)NCC(=O)O)C(O)[C@@H]2O)cc1.Cc1ccc(CNc2ncnc3c2ncn3[C@@H]2O[C@H](COC(=O)N[C@@H](Cc3ccccc3)C(=O)O)C(O)[C@@H]2O)cc1.Cc1ccc(COc2ncnc3c2ncn3[C@@H]2O[C@H](COC(=O)N[C@H](C(=O)O)C(C)C)C(O)[C@@H]2O)cc1. The summed E-state index contributed by atoms with van der Waals surface area (Å²) >= 11 is 0. The third-order valence-electron chi connectivity index (χ3n) is 18.1. The highest BCUT2D eigenvalue weighted by Gasteiger charge is 2.48. The molecule has 0 bridgehead atoms. The number of carboxylic acid groups (broad SMARTS) is 3. The second kappa shape index (κ2) is 37.0. The number of carbonyl (C=O) groups is 6. The number of fused-ring (bicyclic) bond motifs is 3. The Morgan fingerprint density at radius 1 is 0.455 bits per heavy atom. The predicted molar refractivity (Wildman–Crippen MR) is 390 cm³/mol. The third kappa shape index (κ3) is 20.0. The minimum atomic E-state index is -1.40. The summed E-state index contributed by atoms with van der Waals surface area (Å²) in [5, 5.41) is 104. The molecule has 10 aromatic rings. The highest BCUT2D eigenvalue weighted by molar-refractivity contribution is 5.84. The first-order valence-electron chi connectivity index (χ1n) is 35.1. The fraction of sp³-hybridized carbons (Fsp3) is 0.384. The zero-order valence-corrected chi connectivity index (χ0v) is 60.8. The first-order chi connectivity index (χ1) is 53.8. The quantitative estimate of drug-likeness (QED) is 0.0329. The molecule has 3 aliphatic heterocycles. The summed E-state index contributed by atoms with van der Waals surface area (Å²) < 4.78 is 42.6. The Labute approximate surface area is 636 Å². The summed E-state index contributed by atoms with van der Waals surface area (Å²) in [7, 11) is 0. The maximum atomic E-state index is 12.4. The van der Waals surface area contributed by atoms with Crippen LogP contribution in [0.4, 0.5) is 26.0 Å². The van der Waals surface area contributed by atoms with Crippen molar-refractivity contribution in [2.45, 2.75) is 146 Å². The van der Waals surface area contributed by atoms with Crippen LogP contribution in [0.15, 0.2) is 141 Å². The molecule has 9 heterocycles. The highest BCUT2D eigenvalue weighted by Crippen LogP contribution is 2.36. The van der Waals surface area contributed by atoms with E-state index in [-0.39, 0.29) is 24.8 Å². The number of aliphatic hydroxyl groups is 6. The predicted octanol–water partition coefficient (Wildman–Crippen LogP) is 3.13. The molecule has 0 saturated carbocycles. The Morgan fingerprint density at radius 2 is 0.857 bits per heavy atom. The first kappa shape index (κ1) is 80.8. The lowest BCUT2D eigenvalue weighted by Crippen LogP contribution is -2.45. The van der Waals surface area contributed by atoms with Crippen molar-refractivity contribution in [2.24, 2.45) is 5.92 Å². The van der Waals surface area contributed by atoms with E-state index in [2.05, 4.69) is 66.1 Å². The summed E-state index contributed by atoms with van der Waals surface area (Å²) in [6, 6.07) is 30.4. The molecule has 3 amide bonds. The van der Waals surface area contributed by atoms with Gasteiger partial charge < -0.3 is 106 Å². The van der Waals surface area contributed by atoms with Gasteiger partial charge in [-0.1, -0.05) is 134 Å². The van der Waals surface area contributed by atoms with Gasteiger partial charge in [-0.15, -0.1) is 0 Å². The molecule has 3 unspecified atom stereocenters. The molecule has 14 atom stereocenters. The number of imidazole rings is 3. The molecule has 4 aromatic carbocycles. The van der Waals surface area contributed by atoms with Crippen LogP contribution in [0.1, 0.15) is 71.5 Å². The van der Waals surface area contributed by atoms with E-state index >= 15 is 0 Å². The second-order valence-corrected chi connectivity index (χ2v) is 26.7. The van der Waals surface area contributed by atoms with Crippen molar-refractivity contribution >= 4 is 81.3 Å². The van der Waals surface area contributed by atoms with E-state index in [1.807, 2.05) is 98.9 Å². The number of aliphatic carboxylic acids is 3. The summed E-state index contributed by atoms with van der Waals surface area (Å²) in [6.45, 7) is 8.74. The Morgan fingerprint density at radius 3 is 1.28 bits per heavy atom. The largest absolute Gasteiger partial charge is 0.480 e. The van der Waals surface area contributed by atoms with E-state index in [0.29, 0.717) is 58.2 Å². The number of aryl methyl sites for hydroxylation is 3. The summed E-state index contributed by atoms with van der Waals surface area (Å²) in [4.78, 5) is 108. The lowest BCUT2D eigenvalue weighted by atomic mass is 10.1. The van der Waals surface area contributed by atoms with Gasteiger partial charge in [0.2, 0.25) is 5.88 Å². The number of ether oxygens (including phenoxy) is 7. The van der Waals surface area contributed by atoms with Gasteiger partial charge in [0.15, 0.2) is 63.8 Å². The normalized spacial score (nSPS) is 21.7. The number of aliphatic hydroxyl groups excluding tert-OH is 6. The van der Waals surface area contributed by atoms with Crippen molar-refractivity contribution in [3.63, 3.8) is 0 Å². The van der Waals surface area contributed by atoms with Crippen LogP contribution in [0.25, 0.3) is 33.5 Å². The minimum absolute atomic E-state index is 0.0615. The number of nitrogens with zero attached hydrogens (tertiary/aromatic N) is 12. The first-order valence-corrected chi connectivity index (χ1v) is 35.1. The van der Waals surface area contributed by atoms with E-state index in [4.69, 9.17) is 38.3 Å². The average Bonchev–Trinajstić information content (AvgIpc) is 1.63. The number of benzene rings is 4. The van der Waals surface area contributed by atoms with Crippen LogP contribution in [-0.4, -0.2) is 234 Å². The third-order valence-corrected chi connectivity index (χ3v) is 18.1. The maximum Gasteiger partial charge on any atom is 0.407 e. The Kier molecular flexibility index (Phi) is 26.7. The van der Waals surface area contributed by atoms with Crippen LogP contribution in [0.2, 0.25) is 0 Å². The lowest BCUT2D eigenvalue weighted by molar-refractivity contribution is -0.141. The van der Waals surface area contributed by atoms with Gasteiger partial charge in [0, 0.05) is 19.5 Å². The van der Waals surface area contributed by atoms with Crippen LogP contribution < -0.4 is 31.3 Å². The zero-order chi connectivity index (χ0) is 79.9. The minimum Gasteiger partial charge on any atom is -0.480 e. The molecule has 13 rings (SSSR count). The van der Waals surface area contributed by atoms with Gasteiger partial charge in [0.25, 0.3) is 0 Å². The van der Waals surface area contributed by atoms with Gasteiger partial charge >= 0.3 is 36.2 Å². The monoisotopic (exact) mass is 1550 g/mol. The fourth-order valence-electron chi connectivity index (χ4n) is 12.0. The number of carboxylic acids is 3. The van der Waals surface area contributed by atoms with E-state index < -0.39 is 148 Å². The van der Waals surface area contributed by atoms with Crippen molar-refractivity contribution in [2.75, 3.05) is 37.0 Å². The van der Waals surface area contributed by atoms with Gasteiger partial charge in [-0.2, -0.15) is 4.98 Å². The molecule has 0 aliphatic carbocycles. The van der Waals surface area contributed by atoms with Gasteiger partial charge in [-0.25, -0.2) is 63.8 Å². The number of anilines is 2. The molecular formula is C73H83N17O22. The van der Waals surface area contributed by atoms with Crippen molar-refractivity contribution in [1.29, 1.82) is 0 Å². The van der Waals surface area contributed by atoms with Gasteiger partial charge in [0.1, 0.15) is 119 Å². The number of alkyl carbamates (subject to hydrolysis) is 3. The van der Waals surface area contributed by atoms with Crippen molar-refractivity contribution in [3.8, 4) is 5.88 Å². The number of nitrogens with one attached hydrogen (secondary N) is 5. The Bertz CT molecular complexity index is 4870. The summed E-state index contributed by atoms with van der Waals surface area (Å²) in [5.41, 5.74) is 9.53. The van der Waals surface area contributed by atoms with Crippen LogP contribution in [0, 0.1) is 26.7 Å². The van der Waals surface area contributed by atoms with Crippen LogP contribution in [0.5, 0.6) is 5.88 Å². The molecular weight excluding hydrogens is 1470 g/mol. The smallest absolute Gasteiger partial charge is 0.407 e. The number of amides is 3. The van der Waals surface area contributed by atoms with Crippen molar-refractivity contribution in [1.82, 2.24) is 74.5 Å². The van der Waals surface area contributed by atoms with Crippen LogP contribution >= 0.6 is 0 Å².